The third-order valence-electron chi connectivity index (χ3n) is 12.8. The molecule has 348 valence electrons. The van der Waals surface area contributed by atoms with Gasteiger partial charge in [-0.05, 0) is 105 Å². The SMILES string of the molecule is CCCN(C)C[C@H]1/C=C(C)/C=C/C(=O)[C@H](C)C[C@H](CCN(C)Cc2cn(-c3cnc4ccccc4c3)nn2)[C@H](O[C@@H]2O[C@H](C)[C@@H](O)[C@H](N(C)C)[C@H]2O)[C@@H](C)[C@H](O)CC(=O)O[C@@H]1CC. The van der Waals surface area contributed by atoms with Crippen LogP contribution in [0.25, 0.3) is 16.6 Å². The van der Waals surface area contributed by atoms with E-state index in [1.165, 1.54) is 0 Å². The molecule has 12 atom stereocenters. The fourth-order valence-corrected chi connectivity index (χ4v) is 9.11. The van der Waals surface area contributed by atoms with E-state index in [0.717, 1.165) is 40.8 Å². The van der Waals surface area contributed by atoms with E-state index in [-0.39, 0.29) is 24.0 Å². The molecule has 0 radical (unpaired) electrons. The van der Waals surface area contributed by atoms with Gasteiger partial charge in [0.15, 0.2) is 12.1 Å². The number of pyridine rings is 1. The standard InChI is InChI=1S/C48H73N7O8/c1-11-20-53(9)27-36-22-30(3)17-18-40(56)31(4)23-35(19-21-54(10)28-37-29-55(51-50-37)38-24-34-15-13-14-16-39(34)49-26-38)47(32(5)41(57)25-43(58)62-42(36)12-2)63-48-46(60)44(52(7)8)45(59)33(6)61-48/h13-18,22,24,26,29,31-33,35-36,41-42,44-48,57,59-60H,11-12,19-21,23,25,27-28H2,1-10H3/b18-17+,30-22+/t31-,32+,33-,35+,36-,41-,42-,44+,45-,46-,47-,48+/m1/s1. The number of likely N-dealkylation sites (N-methyl/N-ethyl adjacent to an activating group) is 1. The summed E-state index contributed by atoms with van der Waals surface area (Å²) >= 11 is 0. The van der Waals surface area contributed by atoms with Gasteiger partial charge >= 0.3 is 5.97 Å². The Morgan fingerprint density at radius 1 is 0.968 bits per heavy atom. The molecule has 1 aromatic carbocycles. The molecule has 0 saturated carbocycles. The number of benzene rings is 1. The number of ketones is 1. The summed E-state index contributed by atoms with van der Waals surface area (Å²) in [6.07, 6.45) is 4.90. The van der Waals surface area contributed by atoms with Crippen molar-refractivity contribution in [3.8, 4) is 5.69 Å². The molecule has 2 aromatic heterocycles. The van der Waals surface area contributed by atoms with E-state index in [1.807, 2.05) is 84.4 Å². The van der Waals surface area contributed by atoms with Crippen molar-refractivity contribution in [3.63, 3.8) is 0 Å². The summed E-state index contributed by atoms with van der Waals surface area (Å²) in [6, 6.07) is 9.22. The average molecular weight is 876 g/mol. The van der Waals surface area contributed by atoms with Crippen LogP contribution < -0.4 is 0 Å². The number of aliphatic hydroxyl groups is 3. The molecular weight excluding hydrogens is 803 g/mol. The van der Waals surface area contributed by atoms with E-state index < -0.39 is 66.8 Å². The van der Waals surface area contributed by atoms with Gasteiger partial charge in [-0.1, -0.05) is 68.8 Å². The first kappa shape index (κ1) is 50.1. The predicted octanol–water partition coefficient (Wildman–Crippen LogP) is 4.81. The van der Waals surface area contributed by atoms with Crippen LogP contribution in [0.15, 0.2) is 66.5 Å². The Morgan fingerprint density at radius 3 is 2.43 bits per heavy atom. The summed E-state index contributed by atoms with van der Waals surface area (Å²) in [5, 5.41) is 44.5. The number of ether oxygens (including phenoxy) is 3. The van der Waals surface area contributed by atoms with Gasteiger partial charge in [-0.2, -0.15) is 0 Å². The first-order valence-electron chi connectivity index (χ1n) is 22.7. The van der Waals surface area contributed by atoms with Crippen LogP contribution in [0.5, 0.6) is 0 Å². The zero-order chi connectivity index (χ0) is 46.0. The molecule has 63 heavy (non-hydrogen) atoms. The molecule has 5 rings (SSSR count). The number of hydrogen-bond acceptors (Lipinski definition) is 14. The Labute approximate surface area is 374 Å². The molecule has 0 bridgehead atoms. The molecule has 2 aliphatic heterocycles. The number of cyclic esters (lactones) is 1. The third-order valence-corrected chi connectivity index (χ3v) is 12.8. The molecule has 1 saturated heterocycles. The number of hydrogen-bond donors (Lipinski definition) is 3. The third kappa shape index (κ3) is 13.6. The van der Waals surface area contributed by atoms with Gasteiger partial charge in [0.05, 0.1) is 66.2 Å². The van der Waals surface area contributed by atoms with Crippen LogP contribution in [-0.2, 0) is 30.3 Å². The van der Waals surface area contributed by atoms with E-state index in [0.29, 0.717) is 38.9 Å². The van der Waals surface area contributed by atoms with Crippen molar-refractivity contribution in [1.82, 2.24) is 34.7 Å². The lowest BCUT2D eigenvalue weighted by Gasteiger charge is -2.46. The highest BCUT2D eigenvalue weighted by Gasteiger charge is 2.47. The molecule has 3 N–H and O–H groups in total. The van der Waals surface area contributed by atoms with Crippen LogP contribution in [0.3, 0.4) is 0 Å². The number of nitrogens with zero attached hydrogens (tertiary/aromatic N) is 7. The Morgan fingerprint density at radius 2 is 1.71 bits per heavy atom. The lowest BCUT2D eigenvalue weighted by Crippen LogP contribution is -2.63. The average Bonchev–Trinajstić information content (AvgIpc) is 3.71. The fraction of sp³-hybridized carbons (Fsp3) is 0.646. The van der Waals surface area contributed by atoms with Crippen molar-refractivity contribution in [3.05, 3.63) is 72.2 Å². The molecular formula is C48H73N7O8. The van der Waals surface area contributed by atoms with Crippen molar-refractivity contribution in [2.45, 2.75) is 129 Å². The monoisotopic (exact) mass is 876 g/mol. The molecule has 0 amide bonds. The zero-order valence-electron chi connectivity index (χ0n) is 39.1. The maximum atomic E-state index is 14.0. The van der Waals surface area contributed by atoms with Gasteiger partial charge in [0, 0.05) is 36.2 Å². The number of esters is 1. The number of carbonyl (C=O) groups is 2. The van der Waals surface area contributed by atoms with Crippen LogP contribution in [0.1, 0.15) is 79.3 Å². The lowest BCUT2D eigenvalue weighted by molar-refractivity contribution is -0.304. The Bertz CT molecular complexity index is 1990. The minimum atomic E-state index is -1.24. The van der Waals surface area contributed by atoms with Crippen molar-refractivity contribution < 1.29 is 39.1 Å². The van der Waals surface area contributed by atoms with Crippen LogP contribution in [0, 0.1) is 23.7 Å². The zero-order valence-corrected chi connectivity index (χ0v) is 39.1. The molecule has 3 aromatic rings. The normalized spacial score (nSPS) is 32.0. The number of para-hydroxylation sites is 1. The maximum Gasteiger partial charge on any atom is 0.308 e. The summed E-state index contributed by atoms with van der Waals surface area (Å²) in [6.45, 7) is 14.1. The second-order valence-corrected chi connectivity index (χ2v) is 18.3. The van der Waals surface area contributed by atoms with Gasteiger partial charge in [0.1, 0.15) is 12.2 Å². The van der Waals surface area contributed by atoms with E-state index in [2.05, 4.69) is 38.1 Å². The van der Waals surface area contributed by atoms with Gasteiger partial charge in [0.2, 0.25) is 0 Å². The quantitative estimate of drug-likeness (QED) is 0.188. The number of allylic oxidation sites excluding steroid dienone is 3. The Kier molecular flexibility index (Phi) is 18.5. The van der Waals surface area contributed by atoms with Crippen molar-refractivity contribution in [2.75, 3.05) is 47.8 Å². The molecule has 0 spiro atoms. The minimum absolute atomic E-state index is 0.0450. The van der Waals surface area contributed by atoms with Gasteiger partial charge in [-0.25, -0.2) is 4.68 Å². The van der Waals surface area contributed by atoms with Crippen LogP contribution in [0.4, 0.5) is 0 Å². The molecule has 1 fully saturated rings. The summed E-state index contributed by atoms with van der Waals surface area (Å²) in [7, 11) is 7.59. The number of aromatic nitrogens is 4. The Balaban J connectivity index is 1.45. The molecule has 2 aliphatic rings. The first-order valence-corrected chi connectivity index (χ1v) is 22.7. The van der Waals surface area contributed by atoms with Crippen LogP contribution in [-0.4, -0.2) is 159 Å². The smallest absolute Gasteiger partial charge is 0.308 e. The van der Waals surface area contributed by atoms with Gasteiger partial charge < -0.3 is 44.2 Å². The van der Waals surface area contributed by atoms with Crippen molar-refractivity contribution >= 4 is 22.7 Å². The molecule has 15 nitrogen and oxygen atoms in total. The number of aliphatic hydroxyl groups excluding tert-OH is 3. The van der Waals surface area contributed by atoms with Gasteiger partial charge in [-0.15, -0.1) is 5.10 Å². The van der Waals surface area contributed by atoms with Crippen LogP contribution in [0.2, 0.25) is 0 Å². The molecule has 0 aliphatic carbocycles. The highest BCUT2D eigenvalue weighted by Crippen LogP contribution is 2.35. The van der Waals surface area contributed by atoms with E-state index in [9.17, 15) is 24.9 Å². The fourth-order valence-electron chi connectivity index (χ4n) is 9.11. The summed E-state index contributed by atoms with van der Waals surface area (Å²) < 4.78 is 20.8. The summed E-state index contributed by atoms with van der Waals surface area (Å²) in [5.74, 6) is -2.16. The summed E-state index contributed by atoms with van der Waals surface area (Å²) in [5.41, 5.74) is 3.34. The van der Waals surface area contributed by atoms with Gasteiger partial charge in [-0.3, -0.25) is 14.6 Å². The number of rotatable bonds is 14. The second-order valence-electron chi connectivity index (χ2n) is 18.3. The number of carbonyl (C=O) groups excluding carboxylic acids is 2. The summed E-state index contributed by atoms with van der Waals surface area (Å²) in [4.78, 5) is 38.4. The molecule has 15 heteroatoms. The first-order chi connectivity index (χ1) is 30.0. The van der Waals surface area contributed by atoms with Crippen molar-refractivity contribution in [2.24, 2.45) is 23.7 Å². The van der Waals surface area contributed by atoms with E-state index in [4.69, 9.17) is 14.2 Å². The highest BCUT2D eigenvalue weighted by atomic mass is 16.7. The van der Waals surface area contributed by atoms with Crippen LogP contribution >= 0.6 is 0 Å². The Hall–Kier alpha value is -3.93. The minimum Gasteiger partial charge on any atom is -0.462 e. The highest BCUT2D eigenvalue weighted by molar-refractivity contribution is 5.91. The number of fused-ring (bicyclic) bond motifs is 1. The topological polar surface area (TPSA) is 176 Å². The van der Waals surface area contributed by atoms with E-state index >= 15 is 0 Å². The molecule has 0 unspecified atom stereocenters. The predicted molar refractivity (Wildman–Crippen MR) is 243 cm³/mol. The largest absolute Gasteiger partial charge is 0.462 e. The molecule has 4 heterocycles. The van der Waals surface area contributed by atoms with Gasteiger partial charge in [0.25, 0.3) is 0 Å². The lowest BCUT2D eigenvalue weighted by atomic mass is 9.79. The van der Waals surface area contributed by atoms with E-state index in [1.54, 1.807) is 42.9 Å². The maximum absolute atomic E-state index is 14.0. The second kappa shape index (κ2) is 23.3. The van der Waals surface area contributed by atoms with Crippen molar-refractivity contribution in [1.29, 1.82) is 0 Å².